The van der Waals surface area contributed by atoms with E-state index in [4.69, 9.17) is 4.74 Å². The molecule has 0 spiro atoms. The Morgan fingerprint density at radius 1 is 0.905 bits per heavy atom. The Hall–Kier alpha value is -0.120. The van der Waals surface area contributed by atoms with Gasteiger partial charge in [-0.2, -0.15) is 0 Å². The molecule has 3 nitrogen and oxygen atoms in total. The summed E-state index contributed by atoms with van der Waals surface area (Å²) >= 11 is 0. The summed E-state index contributed by atoms with van der Waals surface area (Å²) in [5, 5.41) is 0. The Balaban J connectivity index is 1.56. The predicted octanol–water partition coefficient (Wildman–Crippen LogP) is 3.25. The fraction of sp³-hybridized carbons (Fsp3) is 1.00. The van der Waals surface area contributed by atoms with Gasteiger partial charge in [0.2, 0.25) is 0 Å². The largest absolute Gasteiger partial charge is 0.377 e. The second-order valence-electron chi connectivity index (χ2n) is 7.99. The Kier molecular flexibility index (Phi) is 6.51. The third kappa shape index (κ3) is 5.54. The van der Waals surface area contributed by atoms with Gasteiger partial charge in [-0.1, -0.05) is 27.7 Å². The van der Waals surface area contributed by atoms with Crippen molar-refractivity contribution in [2.75, 3.05) is 45.9 Å². The third-order valence-electron chi connectivity index (χ3n) is 5.56. The van der Waals surface area contributed by atoms with Gasteiger partial charge in [0.15, 0.2) is 0 Å². The molecule has 0 aliphatic carbocycles. The zero-order valence-electron chi connectivity index (χ0n) is 14.7. The van der Waals surface area contributed by atoms with Gasteiger partial charge >= 0.3 is 0 Å². The fourth-order valence-corrected chi connectivity index (χ4v) is 3.76. The fourth-order valence-electron chi connectivity index (χ4n) is 3.76. The van der Waals surface area contributed by atoms with Crippen molar-refractivity contribution >= 4 is 0 Å². The van der Waals surface area contributed by atoms with Crippen LogP contribution < -0.4 is 0 Å². The van der Waals surface area contributed by atoms with E-state index in [9.17, 15) is 0 Å². The predicted molar refractivity (Wildman–Crippen MR) is 89.7 cm³/mol. The summed E-state index contributed by atoms with van der Waals surface area (Å²) in [6.07, 6.45) is 5.68. The lowest BCUT2D eigenvalue weighted by atomic mass is 9.75. The van der Waals surface area contributed by atoms with Crippen LogP contribution in [0.2, 0.25) is 0 Å². The van der Waals surface area contributed by atoms with E-state index < -0.39 is 0 Å². The first kappa shape index (κ1) is 17.2. The molecule has 2 aliphatic rings. The summed E-state index contributed by atoms with van der Waals surface area (Å²) in [7, 11) is 0. The standard InChI is InChI=1S/C18H36N2O/c1-5-19-12-8-17(9-13-19)21-15-14-20-10-6-16(7-11-20)18(2,3)4/h16-17H,5-15H2,1-4H3. The molecule has 0 aromatic rings. The first-order valence-corrected chi connectivity index (χ1v) is 9.05. The molecule has 0 bridgehead atoms. The Morgan fingerprint density at radius 2 is 1.48 bits per heavy atom. The van der Waals surface area contributed by atoms with Gasteiger partial charge in [-0.25, -0.2) is 0 Å². The zero-order chi connectivity index (χ0) is 15.3. The van der Waals surface area contributed by atoms with Crippen molar-refractivity contribution < 1.29 is 4.74 Å². The van der Waals surface area contributed by atoms with Crippen LogP contribution >= 0.6 is 0 Å². The topological polar surface area (TPSA) is 15.7 Å². The summed E-state index contributed by atoms with van der Waals surface area (Å²) in [4.78, 5) is 5.13. The van der Waals surface area contributed by atoms with Crippen molar-refractivity contribution in [3.63, 3.8) is 0 Å². The number of ether oxygens (including phenoxy) is 1. The quantitative estimate of drug-likeness (QED) is 0.774. The SMILES string of the molecule is CCN1CCC(OCCN2CCC(C(C)(C)C)CC2)CC1. The minimum absolute atomic E-state index is 0.482. The first-order chi connectivity index (χ1) is 9.99. The van der Waals surface area contributed by atoms with E-state index in [1.165, 1.54) is 58.4 Å². The smallest absolute Gasteiger partial charge is 0.0600 e. The molecule has 0 atom stereocenters. The van der Waals surface area contributed by atoms with Crippen molar-refractivity contribution in [3.8, 4) is 0 Å². The summed E-state index contributed by atoms with van der Waals surface area (Å²) in [5.74, 6) is 0.896. The molecule has 2 rings (SSSR count). The highest BCUT2D eigenvalue weighted by molar-refractivity contribution is 4.80. The van der Waals surface area contributed by atoms with E-state index in [-0.39, 0.29) is 0 Å². The molecule has 0 radical (unpaired) electrons. The summed E-state index contributed by atoms with van der Waals surface area (Å²) in [5.41, 5.74) is 0.482. The lowest BCUT2D eigenvalue weighted by molar-refractivity contribution is -0.00624. The lowest BCUT2D eigenvalue weighted by Gasteiger charge is -2.39. The normalized spacial score (nSPS) is 24.6. The van der Waals surface area contributed by atoms with Crippen molar-refractivity contribution in [1.82, 2.24) is 9.80 Å². The van der Waals surface area contributed by atoms with E-state index in [1.54, 1.807) is 0 Å². The molecule has 0 saturated carbocycles. The minimum atomic E-state index is 0.482. The van der Waals surface area contributed by atoms with Crippen LogP contribution in [0.25, 0.3) is 0 Å². The Morgan fingerprint density at radius 3 is 2.00 bits per heavy atom. The average molecular weight is 296 g/mol. The number of rotatable bonds is 5. The van der Waals surface area contributed by atoms with E-state index in [1.807, 2.05) is 0 Å². The number of piperidine rings is 2. The van der Waals surface area contributed by atoms with Crippen LogP contribution in [0.4, 0.5) is 0 Å². The molecule has 0 amide bonds. The van der Waals surface area contributed by atoms with E-state index >= 15 is 0 Å². The van der Waals surface area contributed by atoms with Crippen molar-refractivity contribution in [2.24, 2.45) is 11.3 Å². The Labute approximate surface area is 132 Å². The second kappa shape index (κ2) is 7.94. The third-order valence-corrected chi connectivity index (χ3v) is 5.56. The molecule has 0 N–H and O–H groups in total. The van der Waals surface area contributed by atoms with Crippen molar-refractivity contribution in [3.05, 3.63) is 0 Å². The number of hydrogen-bond donors (Lipinski definition) is 0. The minimum Gasteiger partial charge on any atom is -0.377 e. The van der Waals surface area contributed by atoms with Gasteiger partial charge in [0.05, 0.1) is 12.7 Å². The molecule has 0 aromatic heterocycles. The molecule has 3 heteroatoms. The summed E-state index contributed by atoms with van der Waals surface area (Å²) in [6.45, 7) is 17.6. The highest BCUT2D eigenvalue weighted by Crippen LogP contribution is 2.34. The molecule has 2 aliphatic heterocycles. The monoisotopic (exact) mass is 296 g/mol. The molecule has 21 heavy (non-hydrogen) atoms. The van der Waals surface area contributed by atoms with Gasteiger partial charge in [-0.05, 0) is 56.7 Å². The molecule has 124 valence electrons. The second-order valence-corrected chi connectivity index (χ2v) is 7.99. The van der Waals surface area contributed by atoms with Crippen LogP contribution in [0.5, 0.6) is 0 Å². The van der Waals surface area contributed by atoms with E-state index in [2.05, 4.69) is 37.5 Å². The van der Waals surface area contributed by atoms with Crippen LogP contribution in [-0.4, -0.2) is 61.8 Å². The van der Waals surface area contributed by atoms with Gasteiger partial charge in [-0.3, -0.25) is 0 Å². The number of likely N-dealkylation sites (tertiary alicyclic amines) is 2. The van der Waals surface area contributed by atoms with E-state index in [0.717, 1.165) is 19.1 Å². The van der Waals surface area contributed by atoms with E-state index in [0.29, 0.717) is 11.5 Å². The molecule has 0 unspecified atom stereocenters. The maximum Gasteiger partial charge on any atom is 0.0600 e. The molecule has 2 saturated heterocycles. The summed E-state index contributed by atoms with van der Waals surface area (Å²) < 4.78 is 6.10. The maximum absolute atomic E-state index is 6.10. The van der Waals surface area contributed by atoms with Gasteiger partial charge in [0.1, 0.15) is 0 Å². The number of hydrogen-bond acceptors (Lipinski definition) is 3. The molecule has 2 fully saturated rings. The van der Waals surface area contributed by atoms with Crippen LogP contribution in [0.15, 0.2) is 0 Å². The van der Waals surface area contributed by atoms with Crippen LogP contribution in [0, 0.1) is 11.3 Å². The average Bonchev–Trinajstić information content (AvgIpc) is 2.47. The van der Waals surface area contributed by atoms with Gasteiger partial charge < -0.3 is 14.5 Å². The highest BCUT2D eigenvalue weighted by Gasteiger charge is 2.28. The number of nitrogens with zero attached hydrogens (tertiary/aromatic N) is 2. The lowest BCUT2D eigenvalue weighted by Crippen LogP contribution is -2.41. The van der Waals surface area contributed by atoms with Crippen LogP contribution in [-0.2, 0) is 4.74 Å². The van der Waals surface area contributed by atoms with Crippen molar-refractivity contribution in [1.29, 1.82) is 0 Å². The molecular formula is C18H36N2O. The van der Waals surface area contributed by atoms with Crippen LogP contribution in [0.1, 0.15) is 53.4 Å². The van der Waals surface area contributed by atoms with Gasteiger partial charge in [0.25, 0.3) is 0 Å². The molecule has 0 aromatic carbocycles. The van der Waals surface area contributed by atoms with Crippen molar-refractivity contribution in [2.45, 2.75) is 59.5 Å². The highest BCUT2D eigenvalue weighted by atomic mass is 16.5. The van der Waals surface area contributed by atoms with Gasteiger partial charge in [-0.15, -0.1) is 0 Å². The van der Waals surface area contributed by atoms with Gasteiger partial charge in [0, 0.05) is 19.6 Å². The Bertz CT molecular complexity index is 284. The molecular weight excluding hydrogens is 260 g/mol. The molecule has 2 heterocycles. The van der Waals surface area contributed by atoms with Crippen LogP contribution in [0.3, 0.4) is 0 Å². The maximum atomic E-state index is 6.10. The first-order valence-electron chi connectivity index (χ1n) is 9.05. The zero-order valence-corrected chi connectivity index (χ0v) is 14.7. The summed E-state index contributed by atoms with van der Waals surface area (Å²) in [6, 6.07) is 0.